The number of carboxylic acids is 1. The highest BCUT2D eigenvalue weighted by Crippen LogP contribution is 2.27. The van der Waals surface area contributed by atoms with Crippen LogP contribution in [0.1, 0.15) is 18.1 Å². The lowest BCUT2D eigenvalue weighted by Gasteiger charge is -2.30. The van der Waals surface area contributed by atoms with Gasteiger partial charge in [-0.1, -0.05) is 36.4 Å². The molecule has 1 saturated heterocycles. The number of benzene rings is 2. The van der Waals surface area contributed by atoms with Crippen LogP contribution in [0.2, 0.25) is 0 Å². The summed E-state index contributed by atoms with van der Waals surface area (Å²) in [5, 5.41) is 11.6. The van der Waals surface area contributed by atoms with E-state index in [1.54, 1.807) is 36.4 Å². The summed E-state index contributed by atoms with van der Waals surface area (Å²) in [4.78, 5) is 38.0. The molecule has 7 nitrogen and oxygen atoms in total. The Morgan fingerprint density at radius 3 is 2.52 bits per heavy atom. The van der Waals surface area contributed by atoms with Crippen molar-refractivity contribution in [1.82, 2.24) is 5.32 Å². The molecule has 1 aliphatic rings. The van der Waals surface area contributed by atoms with Crippen LogP contribution in [0.3, 0.4) is 0 Å². The second-order valence-corrected chi connectivity index (χ2v) is 6.77. The lowest BCUT2D eigenvalue weighted by atomic mass is 10.1. The third-order valence-corrected chi connectivity index (χ3v) is 4.61. The van der Waals surface area contributed by atoms with E-state index in [1.165, 1.54) is 17.9 Å². The summed E-state index contributed by atoms with van der Waals surface area (Å²) in [5.41, 5.74) is 1.65. The molecule has 0 radical (unpaired) electrons. The van der Waals surface area contributed by atoms with Crippen molar-refractivity contribution in [3.63, 3.8) is 0 Å². The molecule has 2 aromatic carbocycles. The topological polar surface area (TPSA) is 95.9 Å². The van der Waals surface area contributed by atoms with Gasteiger partial charge in [0, 0.05) is 5.56 Å². The molecule has 0 spiro atoms. The Balaban J connectivity index is 2.02. The van der Waals surface area contributed by atoms with Crippen LogP contribution >= 0.6 is 12.2 Å². The van der Waals surface area contributed by atoms with E-state index in [0.29, 0.717) is 11.3 Å². The van der Waals surface area contributed by atoms with Gasteiger partial charge in [0.15, 0.2) is 11.2 Å². The van der Waals surface area contributed by atoms with Crippen LogP contribution in [0, 0.1) is 6.92 Å². The van der Waals surface area contributed by atoms with Crippen molar-refractivity contribution in [2.45, 2.75) is 20.0 Å². The summed E-state index contributed by atoms with van der Waals surface area (Å²) in [7, 11) is 0. The summed E-state index contributed by atoms with van der Waals surface area (Å²) in [6, 6.07) is 13.7. The predicted octanol–water partition coefficient (Wildman–Crippen LogP) is 2.68. The quantitative estimate of drug-likeness (QED) is 0.447. The Morgan fingerprint density at radius 2 is 1.83 bits per heavy atom. The number of anilines is 1. The van der Waals surface area contributed by atoms with Gasteiger partial charge in [-0.3, -0.25) is 19.8 Å². The normalized spacial score (nSPS) is 16.6. The maximum absolute atomic E-state index is 13.1. The number of carbonyl (C=O) groups excluding carboxylic acids is 2. The lowest BCUT2D eigenvalue weighted by molar-refractivity contribution is -0.144. The Morgan fingerprint density at radius 1 is 1.17 bits per heavy atom. The number of carbonyl (C=O) groups is 3. The molecule has 29 heavy (non-hydrogen) atoms. The Labute approximate surface area is 172 Å². The standard InChI is InChI=1S/C21H18N2O5S/c1-12-7-3-5-9-16(12)23-19(25)15(18(24)22-21(23)29)11-14-8-4-6-10-17(14)28-13(2)20(26)27/h3-11,13H,1-2H3,(H,26,27)(H,22,24,29)/b15-11+/t13-/m0/s1. The fourth-order valence-electron chi connectivity index (χ4n) is 2.79. The molecule has 0 unspecified atom stereocenters. The van der Waals surface area contributed by atoms with Crippen LogP contribution in [0.5, 0.6) is 5.75 Å². The Kier molecular flexibility index (Phi) is 5.74. The number of amides is 2. The number of carboxylic acid groups (broad SMARTS) is 1. The summed E-state index contributed by atoms with van der Waals surface area (Å²) >= 11 is 5.21. The molecule has 1 atom stereocenters. The highest BCUT2D eigenvalue weighted by Gasteiger charge is 2.35. The Hall–Kier alpha value is -3.52. The van der Waals surface area contributed by atoms with Gasteiger partial charge in [0.1, 0.15) is 11.3 Å². The SMILES string of the molecule is Cc1ccccc1N1C(=O)/C(=C/c2ccccc2O[C@@H](C)C(=O)O)C(=O)NC1=S. The number of hydrogen-bond donors (Lipinski definition) is 2. The first-order valence-electron chi connectivity index (χ1n) is 8.75. The minimum absolute atomic E-state index is 0.00418. The molecule has 0 aromatic heterocycles. The van der Waals surface area contributed by atoms with Gasteiger partial charge in [-0.25, -0.2) is 4.79 Å². The summed E-state index contributed by atoms with van der Waals surface area (Å²) in [5.74, 6) is -2.10. The van der Waals surface area contributed by atoms with E-state index in [1.807, 2.05) is 19.1 Å². The van der Waals surface area contributed by atoms with E-state index in [4.69, 9.17) is 22.1 Å². The van der Waals surface area contributed by atoms with Crippen LogP contribution in [0.4, 0.5) is 5.69 Å². The fourth-order valence-corrected chi connectivity index (χ4v) is 3.07. The van der Waals surface area contributed by atoms with Crippen LogP contribution in [0.25, 0.3) is 6.08 Å². The summed E-state index contributed by atoms with van der Waals surface area (Å²) in [6.07, 6.45) is 0.274. The largest absolute Gasteiger partial charge is 0.479 e. The van der Waals surface area contributed by atoms with E-state index in [0.717, 1.165) is 5.56 Å². The molecule has 2 N–H and O–H groups in total. The molecule has 148 valence electrons. The number of para-hydroxylation sites is 2. The van der Waals surface area contributed by atoms with Crippen LogP contribution in [0.15, 0.2) is 54.1 Å². The van der Waals surface area contributed by atoms with Gasteiger partial charge in [0.05, 0.1) is 5.69 Å². The average Bonchev–Trinajstić information content (AvgIpc) is 2.67. The molecular weight excluding hydrogens is 392 g/mol. The minimum Gasteiger partial charge on any atom is -0.479 e. The molecule has 2 amide bonds. The first-order chi connectivity index (χ1) is 13.8. The number of aliphatic carboxylic acids is 1. The molecule has 0 bridgehead atoms. The van der Waals surface area contributed by atoms with Crippen molar-refractivity contribution in [2.75, 3.05) is 4.90 Å². The lowest BCUT2D eigenvalue weighted by Crippen LogP contribution is -2.54. The highest BCUT2D eigenvalue weighted by atomic mass is 32.1. The van der Waals surface area contributed by atoms with Crippen molar-refractivity contribution in [1.29, 1.82) is 0 Å². The first kappa shape index (κ1) is 20.2. The molecule has 0 saturated carbocycles. The van der Waals surface area contributed by atoms with E-state index in [-0.39, 0.29) is 16.4 Å². The maximum atomic E-state index is 13.1. The molecule has 1 fully saturated rings. The molecule has 8 heteroatoms. The zero-order valence-electron chi connectivity index (χ0n) is 15.7. The number of nitrogens with one attached hydrogen (secondary N) is 1. The van der Waals surface area contributed by atoms with Gasteiger partial charge >= 0.3 is 5.97 Å². The predicted molar refractivity (Wildman–Crippen MR) is 112 cm³/mol. The smallest absolute Gasteiger partial charge is 0.344 e. The highest BCUT2D eigenvalue weighted by molar-refractivity contribution is 7.80. The maximum Gasteiger partial charge on any atom is 0.344 e. The summed E-state index contributed by atoms with van der Waals surface area (Å²) in [6.45, 7) is 3.23. The number of nitrogens with zero attached hydrogens (tertiary/aromatic N) is 1. The molecule has 1 aliphatic heterocycles. The number of ether oxygens (including phenoxy) is 1. The van der Waals surface area contributed by atoms with E-state index in [2.05, 4.69) is 5.32 Å². The molecule has 1 heterocycles. The van der Waals surface area contributed by atoms with Crippen molar-refractivity contribution in [2.24, 2.45) is 0 Å². The van der Waals surface area contributed by atoms with Crippen molar-refractivity contribution in [3.05, 3.63) is 65.2 Å². The minimum atomic E-state index is -1.13. The van der Waals surface area contributed by atoms with Gasteiger partial charge in [0.25, 0.3) is 11.8 Å². The molecule has 2 aromatic rings. The van der Waals surface area contributed by atoms with Crippen LogP contribution in [-0.4, -0.2) is 34.1 Å². The number of thiocarbonyl (C=S) groups is 1. The Bertz CT molecular complexity index is 1050. The molecule has 3 rings (SSSR count). The van der Waals surface area contributed by atoms with E-state index >= 15 is 0 Å². The van der Waals surface area contributed by atoms with Crippen LogP contribution in [-0.2, 0) is 14.4 Å². The number of rotatable bonds is 5. The summed E-state index contributed by atoms with van der Waals surface area (Å²) < 4.78 is 5.44. The first-order valence-corrected chi connectivity index (χ1v) is 9.16. The number of aryl methyl sites for hydroxylation is 1. The third-order valence-electron chi connectivity index (χ3n) is 4.33. The molecule has 0 aliphatic carbocycles. The van der Waals surface area contributed by atoms with Gasteiger partial charge in [-0.15, -0.1) is 0 Å². The van der Waals surface area contributed by atoms with Gasteiger partial charge < -0.3 is 9.84 Å². The second kappa shape index (κ2) is 8.24. The van der Waals surface area contributed by atoms with Crippen molar-refractivity contribution in [3.8, 4) is 5.75 Å². The van der Waals surface area contributed by atoms with E-state index in [9.17, 15) is 14.4 Å². The molecular formula is C21H18N2O5S. The fraction of sp³-hybridized carbons (Fsp3) is 0.143. The monoisotopic (exact) mass is 410 g/mol. The van der Waals surface area contributed by atoms with E-state index < -0.39 is 23.9 Å². The van der Waals surface area contributed by atoms with Crippen molar-refractivity contribution < 1.29 is 24.2 Å². The van der Waals surface area contributed by atoms with Gasteiger partial charge in [0.2, 0.25) is 0 Å². The number of hydrogen-bond acceptors (Lipinski definition) is 5. The second-order valence-electron chi connectivity index (χ2n) is 6.38. The van der Waals surface area contributed by atoms with Gasteiger partial charge in [-0.2, -0.15) is 0 Å². The van der Waals surface area contributed by atoms with Crippen molar-refractivity contribution >= 4 is 46.9 Å². The zero-order valence-corrected chi connectivity index (χ0v) is 16.5. The third kappa shape index (κ3) is 4.17. The average molecular weight is 410 g/mol. The zero-order chi connectivity index (χ0) is 21.1. The van der Waals surface area contributed by atoms with Crippen LogP contribution < -0.4 is 15.0 Å². The van der Waals surface area contributed by atoms with Gasteiger partial charge in [-0.05, 0) is 49.8 Å².